The number of carbonyl (C=O) groups excluding carboxylic acids is 2. The van der Waals surface area contributed by atoms with Crippen LogP contribution in [-0.4, -0.2) is 70.0 Å². The van der Waals surface area contributed by atoms with Gasteiger partial charge in [0, 0.05) is 6.42 Å². The minimum absolute atomic E-state index is 0.0199. The summed E-state index contributed by atoms with van der Waals surface area (Å²) >= 11 is 0. The third-order valence-corrected chi connectivity index (χ3v) is 8.79. The molecule has 0 rings (SSSR count). The summed E-state index contributed by atoms with van der Waals surface area (Å²) in [6.45, 7) is 3.81. The van der Waals surface area contributed by atoms with Crippen LogP contribution in [-0.2, 0) is 32.7 Å². The zero-order chi connectivity index (χ0) is 41.4. The zero-order valence-electron chi connectivity index (χ0n) is 35.3. The minimum atomic E-state index is -4.66. The van der Waals surface area contributed by atoms with Crippen LogP contribution in [0.15, 0.2) is 109 Å². The molecule has 0 aromatic rings. The van der Waals surface area contributed by atoms with Crippen molar-refractivity contribution < 1.29 is 42.1 Å². The standard InChI is InChI=1S/C46H74NO8P/c1-6-8-10-12-14-16-18-20-22-23-25-26-28-30-32-34-36-38-45(48)52-42-44(43-54-56(50,51)53-41-40-47(3,4)5)55-46(49)39-37-35-33-31-29-27-24-21-19-17-15-13-11-9-7-2/h8-11,14-17,20-22,24-26,29,31,35,37,44H,6-7,12-13,18-19,23,27-28,30,32-34,36,38-43H2,1-5H3/b10-8-,11-9-,16-14-,17-15-,22-20-,24-21-,26-25-,31-29-,37-35-. The molecule has 0 aliphatic heterocycles. The maximum Gasteiger partial charge on any atom is 0.310 e. The minimum Gasteiger partial charge on any atom is -0.756 e. The van der Waals surface area contributed by atoms with Crippen LogP contribution in [0.25, 0.3) is 0 Å². The first-order valence-corrected chi connectivity index (χ1v) is 22.1. The number of hydrogen-bond donors (Lipinski definition) is 0. The van der Waals surface area contributed by atoms with Crippen molar-refractivity contribution in [3.8, 4) is 0 Å². The predicted octanol–water partition coefficient (Wildman–Crippen LogP) is 10.9. The molecule has 0 bridgehead atoms. The van der Waals surface area contributed by atoms with Gasteiger partial charge in [-0.25, -0.2) is 0 Å². The van der Waals surface area contributed by atoms with E-state index in [4.69, 9.17) is 18.5 Å². The van der Waals surface area contributed by atoms with Gasteiger partial charge < -0.3 is 27.9 Å². The molecule has 10 heteroatoms. The zero-order valence-corrected chi connectivity index (χ0v) is 36.2. The van der Waals surface area contributed by atoms with Crippen molar-refractivity contribution in [2.75, 3.05) is 47.5 Å². The maximum atomic E-state index is 12.6. The van der Waals surface area contributed by atoms with E-state index in [1.165, 1.54) is 0 Å². The summed E-state index contributed by atoms with van der Waals surface area (Å²) in [6.07, 6.45) is 50.1. The Balaban J connectivity index is 4.60. The van der Waals surface area contributed by atoms with Gasteiger partial charge in [0.1, 0.15) is 19.8 Å². The number of likely N-dealkylation sites (N-methyl/N-ethyl adjacent to an activating group) is 1. The Morgan fingerprint density at radius 2 is 1.02 bits per heavy atom. The summed E-state index contributed by atoms with van der Waals surface area (Å²) in [4.78, 5) is 37.4. The van der Waals surface area contributed by atoms with Gasteiger partial charge in [-0.15, -0.1) is 0 Å². The summed E-state index contributed by atoms with van der Waals surface area (Å²) in [5.74, 6) is -1.02. The topological polar surface area (TPSA) is 111 Å². The Kier molecular flexibility index (Phi) is 35.0. The van der Waals surface area contributed by atoms with E-state index in [2.05, 4.69) is 105 Å². The molecule has 0 N–H and O–H groups in total. The molecule has 0 fully saturated rings. The molecule has 0 aromatic heterocycles. The monoisotopic (exact) mass is 800 g/mol. The van der Waals surface area contributed by atoms with E-state index < -0.39 is 32.5 Å². The Morgan fingerprint density at radius 3 is 1.50 bits per heavy atom. The smallest absolute Gasteiger partial charge is 0.310 e. The molecule has 0 aliphatic carbocycles. The molecule has 0 saturated carbocycles. The van der Waals surface area contributed by atoms with Crippen LogP contribution in [0.3, 0.4) is 0 Å². The normalized spacial score (nSPS) is 14.8. The van der Waals surface area contributed by atoms with Crippen molar-refractivity contribution in [1.82, 2.24) is 0 Å². The van der Waals surface area contributed by atoms with E-state index in [1.807, 2.05) is 33.3 Å². The van der Waals surface area contributed by atoms with Gasteiger partial charge in [-0.1, -0.05) is 136 Å². The average Bonchev–Trinajstić information content (AvgIpc) is 3.15. The molecule has 0 heterocycles. The van der Waals surface area contributed by atoms with Crippen LogP contribution in [0.2, 0.25) is 0 Å². The number of nitrogens with zero attached hydrogens (tertiary/aromatic N) is 1. The van der Waals surface area contributed by atoms with Crippen LogP contribution in [0, 0.1) is 0 Å². The number of phosphoric ester groups is 1. The highest BCUT2D eigenvalue weighted by atomic mass is 31.2. The van der Waals surface area contributed by atoms with Gasteiger partial charge in [0.05, 0.1) is 34.2 Å². The second kappa shape index (κ2) is 37.3. The van der Waals surface area contributed by atoms with Gasteiger partial charge in [0.25, 0.3) is 7.82 Å². The van der Waals surface area contributed by atoms with E-state index in [9.17, 15) is 19.0 Å². The van der Waals surface area contributed by atoms with Crippen LogP contribution >= 0.6 is 7.82 Å². The van der Waals surface area contributed by atoms with E-state index in [0.717, 1.165) is 77.0 Å². The molecular formula is C46H74NO8P. The Hall–Kier alpha value is -3.33. The van der Waals surface area contributed by atoms with Gasteiger partial charge in [-0.3, -0.25) is 14.2 Å². The summed E-state index contributed by atoms with van der Waals surface area (Å²) < 4.78 is 33.7. The second-order valence-electron chi connectivity index (χ2n) is 14.3. The molecule has 0 saturated heterocycles. The van der Waals surface area contributed by atoms with Gasteiger partial charge in [-0.2, -0.15) is 0 Å². The van der Waals surface area contributed by atoms with Crippen LogP contribution in [0.4, 0.5) is 0 Å². The molecule has 9 nitrogen and oxygen atoms in total. The van der Waals surface area contributed by atoms with Crippen molar-refractivity contribution in [3.05, 3.63) is 109 Å². The Morgan fingerprint density at radius 1 is 0.571 bits per heavy atom. The number of carbonyl (C=O) groups is 2. The molecule has 0 radical (unpaired) electrons. The fourth-order valence-electron chi connectivity index (χ4n) is 4.66. The van der Waals surface area contributed by atoms with Gasteiger partial charge in [0.15, 0.2) is 6.10 Å². The van der Waals surface area contributed by atoms with Crippen molar-refractivity contribution in [3.63, 3.8) is 0 Å². The second-order valence-corrected chi connectivity index (χ2v) is 15.7. The third-order valence-electron chi connectivity index (χ3n) is 7.82. The number of allylic oxidation sites excluding steroid dienone is 17. The maximum absolute atomic E-state index is 12.6. The third kappa shape index (κ3) is 40.3. The number of quaternary nitrogens is 1. The number of hydrogen-bond acceptors (Lipinski definition) is 8. The fraction of sp³-hybridized carbons (Fsp3) is 0.565. The molecule has 0 aromatic carbocycles. The van der Waals surface area contributed by atoms with E-state index in [1.54, 1.807) is 6.08 Å². The van der Waals surface area contributed by atoms with E-state index in [0.29, 0.717) is 23.9 Å². The number of rotatable bonds is 35. The molecule has 0 amide bonds. The number of ether oxygens (including phenoxy) is 2. The van der Waals surface area contributed by atoms with E-state index in [-0.39, 0.29) is 26.1 Å². The highest BCUT2D eigenvalue weighted by Gasteiger charge is 2.21. The highest BCUT2D eigenvalue weighted by Crippen LogP contribution is 2.38. The molecule has 316 valence electrons. The van der Waals surface area contributed by atoms with Crippen molar-refractivity contribution in [1.29, 1.82) is 0 Å². The lowest BCUT2D eigenvalue weighted by molar-refractivity contribution is -0.870. The summed E-state index contributed by atoms with van der Waals surface area (Å²) in [6, 6.07) is 0. The quantitative estimate of drug-likeness (QED) is 0.0205. The SMILES string of the molecule is CC/C=C\C/C=C\C/C=C\C/C=C\C/C=C\CC(=O)OC(COC(=O)CCCCCC/C=C\C/C=C\C/C=C\C/C=C\CC)COP(=O)([O-])OCC[N+](C)(C)C. The first-order valence-electron chi connectivity index (χ1n) is 20.6. The van der Waals surface area contributed by atoms with Crippen molar-refractivity contribution >= 4 is 19.8 Å². The molecule has 56 heavy (non-hydrogen) atoms. The van der Waals surface area contributed by atoms with Crippen molar-refractivity contribution in [2.45, 2.75) is 123 Å². The summed E-state index contributed by atoms with van der Waals surface area (Å²) in [7, 11) is 1.07. The van der Waals surface area contributed by atoms with Crippen LogP contribution in [0.1, 0.15) is 117 Å². The molecule has 0 aliphatic rings. The average molecular weight is 800 g/mol. The summed E-state index contributed by atoms with van der Waals surface area (Å²) in [5.41, 5.74) is 0. The molecule has 0 spiro atoms. The van der Waals surface area contributed by atoms with E-state index >= 15 is 0 Å². The number of phosphoric acid groups is 1. The first kappa shape index (κ1) is 52.7. The fourth-order valence-corrected chi connectivity index (χ4v) is 5.39. The highest BCUT2D eigenvalue weighted by molar-refractivity contribution is 7.45. The summed E-state index contributed by atoms with van der Waals surface area (Å²) in [5, 5.41) is 0. The van der Waals surface area contributed by atoms with Gasteiger partial charge in [-0.05, 0) is 77.0 Å². The lowest BCUT2D eigenvalue weighted by Crippen LogP contribution is -2.37. The molecule has 2 unspecified atom stereocenters. The number of unbranched alkanes of at least 4 members (excludes halogenated alkanes) is 4. The molecular weight excluding hydrogens is 725 g/mol. The molecule has 2 atom stereocenters. The van der Waals surface area contributed by atoms with Crippen LogP contribution < -0.4 is 4.89 Å². The number of esters is 2. The first-order chi connectivity index (χ1) is 27.0. The van der Waals surface area contributed by atoms with Gasteiger partial charge in [0.2, 0.25) is 0 Å². The lowest BCUT2D eigenvalue weighted by atomic mass is 10.1. The Bertz CT molecular complexity index is 1320. The predicted molar refractivity (Wildman–Crippen MR) is 231 cm³/mol. The van der Waals surface area contributed by atoms with Gasteiger partial charge >= 0.3 is 11.9 Å². The Labute approximate surface area is 340 Å². The van der Waals surface area contributed by atoms with Crippen LogP contribution in [0.5, 0.6) is 0 Å². The largest absolute Gasteiger partial charge is 0.756 e. The van der Waals surface area contributed by atoms with Crippen molar-refractivity contribution in [2.24, 2.45) is 0 Å². The lowest BCUT2D eigenvalue weighted by Gasteiger charge is -2.28.